The summed E-state index contributed by atoms with van der Waals surface area (Å²) in [7, 11) is 0. The SMILES string of the molecule is CC1C(CN)CC(=O)N1C(=O)OC(C)(C)C. The van der Waals surface area contributed by atoms with Gasteiger partial charge in [0.15, 0.2) is 0 Å². The van der Waals surface area contributed by atoms with Crippen LogP contribution in [-0.2, 0) is 9.53 Å². The predicted molar refractivity (Wildman–Crippen MR) is 59.7 cm³/mol. The van der Waals surface area contributed by atoms with Gasteiger partial charge in [0.05, 0.1) is 0 Å². The van der Waals surface area contributed by atoms with Crippen molar-refractivity contribution < 1.29 is 14.3 Å². The lowest BCUT2D eigenvalue weighted by atomic mass is 10.0. The van der Waals surface area contributed by atoms with Crippen molar-refractivity contribution in [2.75, 3.05) is 6.54 Å². The Morgan fingerprint density at radius 3 is 2.50 bits per heavy atom. The Bertz CT molecular complexity index is 296. The summed E-state index contributed by atoms with van der Waals surface area (Å²) in [5.74, 6) is -0.155. The zero-order valence-electron chi connectivity index (χ0n) is 10.3. The summed E-state index contributed by atoms with van der Waals surface area (Å²) in [4.78, 5) is 24.6. The second-order valence-corrected chi connectivity index (χ2v) is 5.18. The van der Waals surface area contributed by atoms with Crippen LogP contribution in [0.25, 0.3) is 0 Å². The highest BCUT2D eigenvalue weighted by molar-refractivity contribution is 5.94. The van der Waals surface area contributed by atoms with Gasteiger partial charge in [-0.1, -0.05) is 0 Å². The minimum atomic E-state index is -0.585. The summed E-state index contributed by atoms with van der Waals surface area (Å²) in [6.07, 6.45) is -0.238. The average Bonchev–Trinajstić information content (AvgIpc) is 2.38. The average molecular weight is 228 g/mol. The number of amides is 2. The number of carbonyl (C=O) groups is 2. The van der Waals surface area contributed by atoms with Crippen molar-refractivity contribution >= 4 is 12.0 Å². The van der Waals surface area contributed by atoms with E-state index in [0.717, 1.165) is 0 Å². The molecule has 1 fully saturated rings. The summed E-state index contributed by atoms with van der Waals surface area (Å²) in [5, 5.41) is 0. The Morgan fingerprint density at radius 1 is 1.56 bits per heavy atom. The molecule has 1 aliphatic rings. The number of nitrogens with zero attached hydrogens (tertiary/aromatic N) is 1. The smallest absolute Gasteiger partial charge is 0.417 e. The van der Waals surface area contributed by atoms with Crippen LogP contribution in [0.4, 0.5) is 4.79 Å². The van der Waals surface area contributed by atoms with E-state index < -0.39 is 11.7 Å². The number of rotatable bonds is 1. The third kappa shape index (κ3) is 2.72. The first-order valence-electron chi connectivity index (χ1n) is 5.51. The largest absolute Gasteiger partial charge is 0.443 e. The molecule has 5 nitrogen and oxygen atoms in total. The maximum atomic E-state index is 11.8. The zero-order valence-corrected chi connectivity index (χ0v) is 10.3. The number of hydrogen-bond donors (Lipinski definition) is 1. The summed E-state index contributed by atoms with van der Waals surface area (Å²) in [6.45, 7) is 7.56. The molecule has 92 valence electrons. The van der Waals surface area contributed by atoms with Crippen LogP contribution in [-0.4, -0.2) is 35.1 Å². The molecule has 2 amide bonds. The van der Waals surface area contributed by atoms with Crippen molar-refractivity contribution in [2.45, 2.75) is 45.8 Å². The van der Waals surface area contributed by atoms with Crippen LogP contribution in [0, 0.1) is 5.92 Å². The van der Waals surface area contributed by atoms with Gasteiger partial charge in [0.25, 0.3) is 0 Å². The maximum absolute atomic E-state index is 11.8. The molecule has 1 rings (SSSR count). The molecule has 1 heterocycles. The van der Waals surface area contributed by atoms with Crippen molar-refractivity contribution in [1.29, 1.82) is 0 Å². The molecule has 1 saturated heterocycles. The van der Waals surface area contributed by atoms with Gasteiger partial charge in [0, 0.05) is 18.4 Å². The molecule has 0 spiro atoms. The lowest BCUT2D eigenvalue weighted by molar-refractivity contribution is -0.127. The zero-order chi connectivity index (χ0) is 12.5. The number of hydrogen-bond acceptors (Lipinski definition) is 4. The van der Waals surface area contributed by atoms with Crippen LogP contribution >= 0.6 is 0 Å². The van der Waals surface area contributed by atoms with Gasteiger partial charge in [-0.15, -0.1) is 0 Å². The number of imide groups is 1. The van der Waals surface area contributed by atoms with E-state index in [9.17, 15) is 9.59 Å². The third-order valence-corrected chi connectivity index (χ3v) is 2.69. The van der Waals surface area contributed by atoms with E-state index in [1.165, 1.54) is 4.90 Å². The number of ether oxygens (including phenoxy) is 1. The van der Waals surface area contributed by atoms with Gasteiger partial charge in [-0.25, -0.2) is 9.69 Å². The number of carbonyl (C=O) groups excluding carboxylic acids is 2. The molecule has 0 aliphatic carbocycles. The van der Waals surface area contributed by atoms with Gasteiger partial charge >= 0.3 is 6.09 Å². The molecule has 1 aliphatic heterocycles. The fourth-order valence-corrected chi connectivity index (χ4v) is 1.79. The highest BCUT2D eigenvalue weighted by Gasteiger charge is 2.41. The molecule has 2 unspecified atom stereocenters. The molecule has 0 bridgehead atoms. The Labute approximate surface area is 95.9 Å². The van der Waals surface area contributed by atoms with Crippen LogP contribution in [0.15, 0.2) is 0 Å². The Hall–Kier alpha value is -1.10. The normalized spacial score (nSPS) is 26.1. The highest BCUT2D eigenvalue weighted by Crippen LogP contribution is 2.26. The summed E-state index contributed by atoms with van der Waals surface area (Å²) in [5.41, 5.74) is 4.96. The highest BCUT2D eigenvalue weighted by atomic mass is 16.6. The Morgan fingerprint density at radius 2 is 2.12 bits per heavy atom. The Balaban J connectivity index is 2.73. The van der Waals surface area contributed by atoms with E-state index in [1.54, 1.807) is 20.8 Å². The molecule has 0 saturated carbocycles. The topological polar surface area (TPSA) is 72.6 Å². The number of nitrogens with two attached hydrogens (primary N) is 1. The summed E-state index contributed by atoms with van der Waals surface area (Å²) >= 11 is 0. The first-order valence-corrected chi connectivity index (χ1v) is 5.51. The molecule has 2 N–H and O–H groups in total. The van der Waals surface area contributed by atoms with Crippen molar-refractivity contribution in [3.63, 3.8) is 0 Å². The van der Waals surface area contributed by atoms with Gasteiger partial charge < -0.3 is 10.5 Å². The second-order valence-electron chi connectivity index (χ2n) is 5.18. The van der Waals surface area contributed by atoms with Crippen molar-refractivity contribution in [2.24, 2.45) is 11.7 Å². The van der Waals surface area contributed by atoms with Crippen molar-refractivity contribution in [3.8, 4) is 0 Å². The number of likely N-dealkylation sites (tertiary alicyclic amines) is 1. The molecule has 2 atom stereocenters. The van der Waals surface area contributed by atoms with E-state index in [2.05, 4.69) is 0 Å². The molecule has 0 radical (unpaired) electrons. The van der Waals surface area contributed by atoms with E-state index in [4.69, 9.17) is 10.5 Å². The fraction of sp³-hybridized carbons (Fsp3) is 0.818. The van der Waals surface area contributed by atoms with Crippen LogP contribution in [0.1, 0.15) is 34.1 Å². The second kappa shape index (κ2) is 4.41. The molecule has 0 aromatic heterocycles. The lowest BCUT2D eigenvalue weighted by Crippen LogP contribution is -2.42. The first-order chi connectivity index (χ1) is 7.26. The van der Waals surface area contributed by atoms with E-state index in [1.807, 2.05) is 6.92 Å². The molecule has 0 aromatic rings. The van der Waals surface area contributed by atoms with Gasteiger partial charge in [-0.2, -0.15) is 0 Å². The predicted octanol–water partition coefficient (Wildman–Crippen LogP) is 1.12. The van der Waals surface area contributed by atoms with Crippen LogP contribution in [0.5, 0.6) is 0 Å². The summed E-state index contributed by atoms with van der Waals surface area (Å²) in [6, 6.07) is -0.174. The van der Waals surface area contributed by atoms with E-state index in [-0.39, 0.29) is 17.9 Å². The Kier molecular flexibility index (Phi) is 3.57. The minimum absolute atomic E-state index is 0.0417. The molecular formula is C11H20N2O3. The van der Waals surface area contributed by atoms with Gasteiger partial charge in [-0.3, -0.25) is 4.79 Å². The fourth-order valence-electron chi connectivity index (χ4n) is 1.79. The first kappa shape index (κ1) is 13.0. The van der Waals surface area contributed by atoms with Crippen molar-refractivity contribution in [3.05, 3.63) is 0 Å². The monoisotopic (exact) mass is 228 g/mol. The third-order valence-electron chi connectivity index (χ3n) is 2.69. The molecule has 16 heavy (non-hydrogen) atoms. The van der Waals surface area contributed by atoms with E-state index in [0.29, 0.717) is 13.0 Å². The lowest BCUT2D eigenvalue weighted by Gasteiger charge is -2.26. The van der Waals surface area contributed by atoms with Crippen LogP contribution in [0.3, 0.4) is 0 Å². The van der Waals surface area contributed by atoms with Gasteiger partial charge in [-0.05, 0) is 34.2 Å². The van der Waals surface area contributed by atoms with Crippen LogP contribution in [0.2, 0.25) is 0 Å². The van der Waals surface area contributed by atoms with E-state index >= 15 is 0 Å². The maximum Gasteiger partial charge on any atom is 0.417 e. The van der Waals surface area contributed by atoms with Gasteiger partial charge in [0.1, 0.15) is 5.60 Å². The molecule has 5 heteroatoms. The van der Waals surface area contributed by atoms with Crippen LogP contribution < -0.4 is 5.73 Å². The van der Waals surface area contributed by atoms with Crippen molar-refractivity contribution in [1.82, 2.24) is 4.90 Å². The minimum Gasteiger partial charge on any atom is -0.443 e. The molecule has 0 aromatic carbocycles. The quantitative estimate of drug-likeness (QED) is 0.730. The summed E-state index contributed by atoms with van der Waals surface area (Å²) < 4.78 is 5.18. The standard InChI is InChI=1S/C11H20N2O3/c1-7-8(6-12)5-9(14)13(7)10(15)16-11(2,3)4/h7-8H,5-6,12H2,1-4H3. The molecular weight excluding hydrogens is 208 g/mol. The van der Waals surface area contributed by atoms with Gasteiger partial charge in [0.2, 0.25) is 5.91 Å².